The number of aliphatic carboxylic acids is 1. The second-order valence-electron chi connectivity index (χ2n) is 10.1. The van der Waals surface area contributed by atoms with Gasteiger partial charge in [0.1, 0.15) is 5.75 Å². The summed E-state index contributed by atoms with van der Waals surface area (Å²) in [5, 5.41) is 22.3. The van der Waals surface area contributed by atoms with Crippen molar-refractivity contribution in [2.24, 2.45) is 5.41 Å². The van der Waals surface area contributed by atoms with Gasteiger partial charge in [-0.15, -0.1) is 11.8 Å². The largest absolute Gasteiger partial charge is 0.497 e. The van der Waals surface area contributed by atoms with Gasteiger partial charge in [0, 0.05) is 22.0 Å². The number of likely N-dealkylation sites (tertiary alicyclic amines) is 1. The number of carboxylic acid groups (broad SMARTS) is 1. The Balaban J connectivity index is 1.29. The third kappa shape index (κ3) is 7.21. The molecule has 4 rings (SSSR count). The highest BCUT2D eigenvalue weighted by Gasteiger charge is 2.41. The van der Waals surface area contributed by atoms with E-state index in [0.29, 0.717) is 59.6 Å². The molecule has 1 aliphatic heterocycles. The molecule has 0 unspecified atom stereocenters. The molecule has 0 radical (unpaired) electrons. The predicted octanol–water partition coefficient (Wildman–Crippen LogP) is 7.08. The number of thioether (sulfide) groups is 1. The first-order valence-corrected chi connectivity index (χ1v) is 14.4. The highest BCUT2D eigenvalue weighted by molar-refractivity contribution is 7.99. The Kier molecular flexibility index (Phi) is 9.87. The number of aliphatic hydroxyl groups excluding tert-OH is 1. The van der Waals surface area contributed by atoms with Gasteiger partial charge in [-0.3, -0.25) is 9.78 Å². The molecule has 1 saturated heterocycles. The summed E-state index contributed by atoms with van der Waals surface area (Å²) in [5.74, 6) is 0.505. The molecule has 3 aromatic rings. The highest BCUT2D eigenvalue weighted by atomic mass is 35.5. The van der Waals surface area contributed by atoms with Gasteiger partial charge in [-0.05, 0) is 100.0 Å². The number of nitrogens with zero attached hydrogens (tertiary/aromatic N) is 2. The van der Waals surface area contributed by atoms with Crippen LogP contribution in [0.4, 0.5) is 13.2 Å². The summed E-state index contributed by atoms with van der Waals surface area (Å²) in [4.78, 5) is 19.7. The quantitative estimate of drug-likeness (QED) is 0.181. The summed E-state index contributed by atoms with van der Waals surface area (Å²) < 4.78 is 43.5. The Morgan fingerprint density at radius 2 is 1.90 bits per heavy atom. The van der Waals surface area contributed by atoms with E-state index >= 15 is 0 Å². The van der Waals surface area contributed by atoms with Gasteiger partial charge < -0.3 is 19.8 Å². The number of aromatic nitrogens is 1. The number of methoxy groups -OCH3 is 1. The van der Waals surface area contributed by atoms with Gasteiger partial charge in [-0.1, -0.05) is 11.6 Å². The number of benzene rings is 2. The van der Waals surface area contributed by atoms with E-state index in [-0.39, 0.29) is 6.42 Å². The summed E-state index contributed by atoms with van der Waals surface area (Å²) >= 11 is 7.93. The first kappa shape index (κ1) is 30.4. The zero-order valence-electron chi connectivity index (χ0n) is 22.1. The second-order valence-corrected chi connectivity index (χ2v) is 11.7. The normalized spacial score (nSPS) is 16.6. The standard InChI is InChI=1S/C29H32ClF3N2O4S/c1-39-20-5-8-24-22(17-20)26(23(30)18-34-24)25(36)9-10-28(27(37)38)11-14-35(15-12-28)13-2-16-40-21-6-3-19(4-7-21)29(31,32)33/h3-8,17-18,25,36H,2,9-16H2,1H3,(H,37,38)/t25-/m1/s1. The lowest BCUT2D eigenvalue weighted by molar-refractivity contribution is -0.153. The van der Waals surface area contributed by atoms with Crippen molar-refractivity contribution < 1.29 is 32.9 Å². The molecule has 1 fully saturated rings. The van der Waals surface area contributed by atoms with Gasteiger partial charge in [0.2, 0.25) is 0 Å². The molecule has 1 aromatic heterocycles. The molecule has 2 N–H and O–H groups in total. The molecule has 6 nitrogen and oxygen atoms in total. The van der Waals surface area contributed by atoms with Crippen LogP contribution in [0.1, 0.15) is 49.3 Å². The van der Waals surface area contributed by atoms with Gasteiger partial charge >= 0.3 is 12.1 Å². The number of aliphatic hydroxyl groups is 1. The summed E-state index contributed by atoms with van der Waals surface area (Å²) in [7, 11) is 1.55. The van der Waals surface area contributed by atoms with Crippen molar-refractivity contribution in [2.75, 3.05) is 32.5 Å². The molecule has 0 amide bonds. The molecule has 1 atom stereocenters. The SMILES string of the molecule is COc1ccc2ncc(Cl)c([C@H](O)CCC3(C(=O)O)CCN(CCCSc4ccc(C(F)(F)F)cc4)CC3)c2c1. The number of hydrogen-bond acceptors (Lipinski definition) is 6. The number of carboxylic acids is 1. The second kappa shape index (κ2) is 13.0. The summed E-state index contributed by atoms with van der Waals surface area (Å²) in [6.07, 6.45) is -1.47. The summed E-state index contributed by atoms with van der Waals surface area (Å²) in [6.45, 7) is 2.04. The van der Waals surface area contributed by atoms with E-state index in [2.05, 4.69) is 9.88 Å². The van der Waals surface area contributed by atoms with E-state index in [1.807, 2.05) is 0 Å². The number of alkyl halides is 3. The Morgan fingerprint density at radius 1 is 1.20 bits per heavy atom. The predicted molar refractivity (Wildman–Crippen MR) is 150 cm³/mol. The van der Waals surface area contributed by atoms with Crippen LogP contribution in [0.25, 0.3) is 10.9 Å². The van der Waals surface area contributed by atoms with Crippen molar-refractivity contribution in [1.82, 2.24) is 9.88 Å². The smallest absolute Gasteiger partial charge is 0.416 e. The van der Waals surface area contributed by atoms with Crippen LogP contribution in [0, 0.1) is 5.41 Å². The van der Waals surface area contributed by atoms with Crippen molar-refractivity contribution in [3.05, 3.63) is 64.8 Å². The molecule has 0 bridgehead atoms. The highest BCUT2D eigenvalue weighted by Crippen LogP contribution is 2.41. The molecular formula is C29H32ClF3N2O4S. The minimum absolute atomic E-state index is 0.242. The topological polar surface area (TPSA) is 82.9 Å². The minimum Gasteiger partial charge on any atom is -0.497 e. The number of carbonyl (C=O) groups is 1. The zero-order valence-corrected chi connectivity index (χ0v) is 23.7. The Bertz CT molecular complexity index is 1320. The molecule has 2 heterocycles. The summed E-state index contributed by atoms with van der Waals surface area (Å²) in [5.41, 5.74) is -0.400. The van der Waals surface area contributed by atoms with E-state index in [0.717, 1.165) is 35.7 Å². The third-order valence-electron chi connectivity index (χ3n) is 7.63. The number of hydrogen-bond donors (Lipinski definition) is 2. The molecule has 216 valence electrons. The Labute approximate surface area is 240 Å². The van der Waals surface area contributed by atoms with Crippen LogP contribution in [-0.4, -0.2) is 58.6 Å². The number of fused-ring (bicyclic) bond motifs is 1. The van der Waals surface area contributed by atoms with Gasteiger partial charge in [-0.2, -0.15) is 13.2 Å². The first-order valence-electron chi connectivity index (χ1n) is 13.1. The Morgan fingerprint density at radius 3 is 2.52 bits per heavy atom. The molecule has 0 spiro atoms. The molecule has 1 aliphatic rings. The lowest BCUT2D eigenvalue weighted by Gasteiger charge is -2.39. The fourth-order valence-corrected chi connectivity index (χ4v) is 6.30. The molecular weight excluding hydrogens is 565 g/mol. The van der Waals surface area contributed by atoms with E-state index in [4.69, 9.17) is 16.3 Å². The minimum atomic E-state index is -4.34. The van der Waals surface area contributed by atoms with Crippen LogP contribution in [0.2, 0.25) is 5.02 Å². The van der Waals surface area contributed by atoms with Crippen LogP contribution in [0.15, 0.2) is 53.6 Å². The van der Waals surface area contributed by atoms with Crippen molar-refractivity contribution >= 4 is 40.2 Å². The molecule has 0 saturated carbocycles. The number of pyridine rings is 1. The van der Waals surface area contributed by atoms with Gasteiger partial charge in [0.25, 0.3) is 0 Å². The van der Waals surface area contributed by atoms with Gasteiger partial charge in [0.05, 0.1) is 34.7 Å². The van der Waals surface area contributed by atoms with Crippen LogP contribution < -0.4 is 4.74 Å². The van der Waals surface area contributed by atoms with E-state index < -0.39 is 29.2 Å². The molecule has 11 heteroatoms. The maximum absolute atomic E-state index is 12.7. The monoisotopic (exact) mass is 596 g/mol. The van der Waals surface area contributed by atoms with E-state index in [9.17, 15) is 28.2 Å². The maximum Gasteiger partial charge on any atom is 0.416 e. The molecule has 2 aromatic carbocycles. The first-order chi connectivity index (χ1) is 19.0. The van der Waals surface area contributed by atoms with Crippen LogP contribution in [-0.2, 0) is 11.0 Å². The third-order valence-corrected chi connectivity index (χ3v) is 9.03. The van der Waals surface area contributed by atoms with Crippen molar-refractivity contribution in [3.63, 3.8) is 0 Å². The fourth-order valence-electron chi connectivity index (χ4n) is 5.18. The van der Waals surface area contributed by atoms with E-state index in [1.165, 1.54) is 30.1 Å². The van der Waals surface area contributed by atoms with Crippen molar-refractivity contribution in [1.29, 1.82) is 0 Å². The Hall–Kier alpha value is -2.53. The number of piperidine rings is 1. The van der Waals surface area contributed by atoms with Crippen molar-refractivity contribution in [3.8, 4) is 5.75 Å². The lowest BCUT2D eigenvalue weighted by atomic mass is 9.74. The number of halogens is 4. The molecule has 40 heavy (non-hydrogen) atoms. The van der Waals surface area contributed by atoms with E-state index in [1.54, 1.807) is 25.3 Å². The van der Waals surface area contributed by atoms with Gasteiger partial charge in [0.15, 0.2) is 0 Å². The fraction of sp³-hybridized carbons (Fsp3) is 0.448. The average molecular weight is 597 g/mol. The maximum atomic E-state index is 12.7. The average Bonchev–Trinajstić information content (AvgIpc) is 2.94. The number of ether oxygens (including phenoxy) is 1. The lowest BCUT2D eigenvalue weighted by Crippen LogP contribution is -2.44. The van der Waals surface area contributed by atoms with Crippen LogP contribution >= 0.6 is 23.4 Å². The van der Waals surface area contributed by atoms with Crippen LogP contribution in [0.3, 0.4) is 0 Å². The van der Waals surface area contributed by atoms with Gasteiger partial charge in [-0.25, -0.2) is 0 Å². The number of rotatable bonds is 11. The van der Waals surface area contributed by atoms with Crippen molar-refractivity contribution in [2.45, 2.75) is 49.3 Å². The molecule has 0 aliphatic carbocycles. The zero-order chi connectivity index (χ0) is 28.9. The summed E-state index contributed by atoms with van der Waals surface area (Å²) in [6, 6.07) is 10.5. The van der Waals surface area contributed by atoms with Crippen LogP contribution in [0.5, 0.6) is 5.75 Å².